The van der Waals surface area contributed by atoms with E-state index in [0.717, 1.165) is 18.4 Å². The average molecular weight is 280 g/mol. The molecule has 0 amide bonds. The molecule has 0 unspecified atom stereocenters. The fraction of sp³-hybridized carbons (Fsp3) is 0.176. The lowest BCUT2D eigenvalue weighted by Gasteiger charge is -2.02. The molecule has 106 valence electrons. The maximum atomic E-state index is 9.28. The Bertz CT molecular complexity index is 733. The first kappa shape index (κ1) is 13.4. The highest BCUT2D eigenvalue weighted by atomic mass is 16.5. The van der Waals surface area contributed by atoms with Crippen LogP contribution in [0.1, 0.15) is 17.0 Å². The number of hydrogen-bond donors (Lipinski definition) is 1. The molecule has 0 aliphatic carbocycles. The van der Waals surface area contributed by atoms with Crippen molar-refractivity contribution in [2.45, 2.75) is 19.8 Å². The van der Waals surface area contributed by atoms with Gasteiger partial charge in [-0.1, -0.05) is 29.4 Å². The molecule has 0 aliphatic heterocycles. The number of aryl methyl sites for hydroxylation is 3. The molecule has 3 rings (SSSR count). The van der Waals surface area contributed by atoms with E-state index < -0.39 is 0 Å². The Kier molecular flexibility index (Phi) is 3.69. The number of aromatic hydroxyl groups is 1. The molecule has 0 aliphatic rings. The third-order valence-electron chi connectivity index (χ3n) is 3.46. The van der Waals surface area contributed by atoms with Crippen LogP contribution in [0.2, 0.25) is 0 Å². The molecule has 1 N–H and O–H groups in total. The largest absolute Gasteiger partial charge is 0.508 e. The zero-order valence-corrected chi connectivity index (χ0v) is 11.8. The van der Waals surface area contributed by atoms with Crippen molar-refractivity contribution in [1.82, 2.24) is 10.1 Å². The molecule has 4 heteroatoms. The third-order valence-corrected chi connectivity index (χ3v) is 3.46. The summed E-state index contributed by atoms with van der Waals surface area (Å²) >= 11 is 0. The highest BCUT2D eigenvalue weighted by molar-refractivity contribution is 5.55. The average Bonchev–Trinajstić information content (AvgIpc) is 2.96. The first-order valence-electron chi connectivity index (χ1n) is 6.89. The van der Waals surface area contributed by atoms with Gasteiger partial charge in [0.2, 0.25) is 11.7 Å². The van der Waals surface area contributed by atoms with Crippen molar-refractivity contribution in [3.63, 3.8) is 0 Å². The van der Waals surface area contributed by atoms with Crippen LogP contribution < -0.4 is 0 Å². The van der Waals surface area contributed by atoms with Gasteiger partial charge in [0.05, 0.1) is 0 Å². The predicted molar refractivity (Wildman–Crippen MR) is 80.0 cm³/mol. The molecule has 3 aromatic rings. The quantitative estimate of drug-likeness (QED) is 0.794. The van der Waals surface area contributed by atoms with Crippen LogP contribution in [-0.2, 0) is 12.8 Å². The second kappa shape index (κ2) is 5.79. The third kappa shape index (κ3) is 3.11. The molecule has 21 heavy (non-hydrogen) atoms. The van der Waals surface area contributed by atoms with Gasteiger partial charge in [-0.25, -0.2) is 0 Å². The zero-order valence-electron chi connectivity index (χ0n) is 11.8. The van der Waals surface area contributed by atoms with Gasteiger partial charge in [-0.3, -0.25) is 0 Å². The monoisotopic (exact) mass is 280 g/mol. The van der Waals surface area contributed by atoms with Crippen molar-refractivity contribution in [3.05, 3.63) is 65.5 Å². The van der Waals surface area contributed by atoms with Gasteiger partial charge in [0.25, 0.3) is 0 Å². The van der Waals surface area contributed by atoms with E-state index in [1.54, 1.807) is 24.3 Å². The second-order valence-electron chi connectivity index (χ2n) is 4.99. The molecule has 1 heterocycles. The summed E-state index contributed by atoms with van der Waals surface area (Å²) in [6, 6.07) is 15.1. The van der Waals surface area contributed by atoms with E-state index in [-0.39, 0.29) is 5.75 Å². The van der Waals surface area contributed by atoms with Crippen molar-refractivity contribution in [2.75, 3.05) is 0 Å². The van der Waals surface area contributed by atoms with Crippen molar-refractivity contribution in [3.8, 4) is 17.1 Å². The topological polar surface area (TPSA) is 59.2 Å². The molecule has 0 atom stereocenters. The molecule has 0 saturated heterocycles. The van der Waals surface area contributed by atoms with E-state index in [2.05, 4.69) is 29.2 Å². The number of benzene rings is 2. The summed E-state index contributed by atoms with van der Waals surface area (Å²) in [5.74, 6) is 1.40. The number of nitrogens with zero attached hydrogens (tertiary/aromatic N) is 2. The van der Waals surface area contributed by atoms with Gasteiger partial charge in [0, 0.05) is 12.0 Å². The van der Waals surface area contributed by atoms with Gasteiger partial charge in [-0.05, 0) is 48.7 Å². The highest BCUT2D eigenvalue weighted by Gasteiger charge is 2.09. The Labute approximate surface area is 123 Å². The minimum Gasteiger partial charge on any atom is -0.508 e. The predicted octanol–water partition coefficient (Wildman–Crippen LogP) is 3.54. The van der Waals surface area contributed by atoms with Crippen LogP contribution in [0.15, 0.2) is 53.1 Å². The van der Waals surface area contributed by atoms with Gasteiger partial charge in [0.1, 0.15) is 5.75 Å². The van der Waals surface area contributed by atoms with Gasteiger partial charge >= 0.3 is 0 Å². The Morgan fingerprint density at radius 3 is 2.52 bits per heavy atom. The summed E-state index contributed by atoms with van der Waals surface area (Å²) in [7, 11) is 0. The Morgan fingerprint density at radius 1 is 1.00 bits per heavy atom. The minimum atomic E-state index is 0.224. The van der Waals surface area contributed by atoms with Crippen LogP contribution in [0.4, 0.5) is 0 Å². The normalized spacial score (nSPS) is 10.7. The molecule has 4 nitrogen and oxygen atoms in total. The number of hydrogen-bond acceptors (Lipinski definition) is 4. The number of phenolic OH excluding ortho intramolecular Hbond substituents is 1. The van der Waals surface area contributed by atoms with E-state index in [1.807, 2.05) is 12.1 Å². The van der Waals surface area contributed by atoms with Gasteiger partial charge in [0.15, 0.2) is 0 Å². The SMILES string of the molecule is Cc1ccccc1CCc1nc(-c2ccc(O)cc2)no1. The van der Waals surface area contributed by atoms with Gasteiger partial charge < -0.3 is 9.63 Å². The molecule has 0 saturated carbocycles. The number of rotatable bonds is 4. The highest BCUT2D eigenvalue weighted by Crippen LogP contribution is 2.19. The zero-order chi connectivity index (χ0) is 14.7. The Hall–Kier alpha value is -2.62. The maximum Gasteiger partial charge on any atom is 0.227 e. The smallest absolute Gasteiger partial charge is 0.227 e. The van der Waals surface area contributed by atoms with E-state index in [0.29, 0.717) is 11.7 Å². The molecule has 0 fully saturated rings. The van der Waals surface area contributed by atoms with Crippen molar-refractivity contribution >= 4 is 0 Å². The van der Waals surface area contributed by atoms with Crippen LogP contribution >= 0.6 is 0 Å². The Morgan fingerprint density at radius 2 is 1.76 bits per heavy atom. The molecule has 1 aromatic heterocycles. The molecule has 2 aromatic carbocycles. The lowest BCUT2D eigenvalue weighted by molar-refractivity contribution is 0.379. The van der Waals surface area contributed by atoms with E-state index in [9.17, 15) is 5.11 Å². The van der Waals surface area contributed by atoms with Crippen molar-refractivity contribution in [1.29, 1.82) is 0 Å². The lowest BCUT2D eigenvalue weighted by Crippen LogP contribution is -1.94. The maximum absolute atomic E-state index is 9.28. The fourth-order valence-electron chi connectivity index (χ4n) is 2.22. The van der Waals surface area contributed by atoms with Crippen LogP contribution in [0.25, 0.3) is 11.4 Å². The van der Waals surface area contributed by atoms with Gasteiger partial charge in [-0.15, -0.1) is 0 Å². The molecular weight excluding hydrogens is 264 g/mol. The summed E-state index contributed by atoms with van der Waals surface area (Å²) in [6.45, 7) is 2.10. The summed E-state index contributed by atoms with van der Waals surface area (Å²) < 4.78 is 5.29. The van der Waals surface area contributed by atoms with E-state index in [4.69, 9.17) is 4.52 Å². The number of phenols is 1. The minimum absolute atomic E-state index is 0.224. The van der Waals surface area contributed by atoms with Gasteiger partial charge in [-0.2, -0.15) is 4.98 Å². The fourth-order valence-corrected chi connectivity index (χ4v) is 2.22. The molecule has 0 spiro atoms. The molecule has 0 bridgehead atoms. The summed E-state index contributed by atoms with van der Waals surface area (Å²) in [6.07, 6.45) is 1.60. The lowest BCUT2D eigenvalue weighted by atomic mass is 10.0. The number of aromatic nitrogens is 2. The van der Waals surface area contributed by atoms with Crippen LogP contribution in [0, 0.1) is 6.92 Å². The summed E-state index contributed by atoms with van der Waals surface area (Å²) in [5, 5.41) is 13.3. The standard InChI is InChI=1S/C17H16N2O2/c1-12-4-2-3-5-13(12)8-11-16-18-17(19-21-16)14-6-9-15(20)10-7-14/h2-7,9-10,20H,8,11H2,1H3. The summed E-state index contributed by atoms with van der Waals surface area (Å²) in [5.41, 5.74) is 3.40. The molecular formula is C17H16N2O2. The molecule has 0 radical (unpaired) electrons. The van der Waals surface area contributed by atoms with Crippen molar-refractivity contribution in [2.24, 2.45) is 0 Å². The van der Waals surface area contributed by atoms with Crippen LogP contribution in [0.5, 0.6) is 5.75 Å². The second-order valence-corrected chi connectivity index (χ2v) is 4.99. The van der Waals surface area contributed by atoms with Crippen LogP contribution in [-0.4, -0.2) is 15.2 Å². The van der Waals surface area contributed by atoms with Crippen molar-refractivity contribution < 1.29 is 9.63 Å². The Balaban J connectivity index is 1.71. The first-order valence-corrected chi connectivity index (χ1v) is 6.89. The van der Waals surface area contributed by atoms with E-state index in [1.165, 1.54) is 11.1 Å². The summed E-state index contributed by atoms with van der Waals surface area (Å²) in [4.78, 5) is 4.40. The first-order chi connectivity index (χ1) is 10.2. The van der Waals surface area contributed by atoms with Crippen LogP contribution in [0.3, 0.4) is 0 Å². The van der Waals surface area contributed by atoms with E-state index >= 15 is 0 Å².